The van der Waals surface area contributed by atoms with Crippen molar-refractivity contribution in [2.45, 2.75) is 24.2 Å². The summed E-state index contributed by atoms with van der Waals surface area (Å²) in [5.41, 5.74) is 3.14. The Balaban J connectivity index is 1.33. The molecule has 1 saturated carbocycles. The van der Waals surface area contributed by atoms with E-state index in [4.69, 9.17) is 39.5 Å². The summed E-state index contributed by atoms with van der Waals surface area (Å²) in [6, 6.07) is 21.5. The largest absolute Gasteiger partial charge is 0.508 e. The van der Waals surface area contributed by atoms with Crippen LogP contribution in [0.15, 0.2) is 96.6 Å². The van der Waals surface area contributed by atoms with E-state index in [-0.39, 0.29) is 45.6 Å². The number of aromatic carboxylic acids is 1. The van der Waals surface area contributed by atoms with E-state index in [0.717, 1.165) is 9.91 Å². The minimum Gasteiger partial charge on any atom is -0.508 e. The first kappa shape index (κ1) is 35.7. The number of carbonyl (C=O) groups excluding carboxylic acids is 4. The van der Waals surface area contributed by atoms with Crippen LogP contribution in [0.4, 0.5) is 11.4 Å². The predicted octanol–water partition coefficient (Wildman–Crippen LogP) is 7.25. The highest BCUT2D eigenvalue weighted by Crippen LogP contribution is 2.65. The number of imide groups is 2. The number of nitrogens with one attached hydrogen (secondary N) is 1. The van der Waals surface area contributed by atoms with Crippen molar-refractivity contribution in [1.82, 2.24) is 5.01 Å². The molecule has 274 valence electrons. The number of phenolic OH excluding ortho intramolecular Hbond substituents is 1. The minimum atomic E-state index is -1.65. The molecule has 11 nitrogen and oxygen atoms in total. The van der Waals surface area contributed by atoms with Crippen molar-refractivity contribution in [2.24, 2.45) is 23.7 Å². The summed E-state index contributed by atoms with van der Waals surface area (Å²) in [6.45, 7) is 0. The third-order valence-corrected chi connectivity index (χ3v) is 12.1. The zero-order chi connectivity index (χ0) is 38.2. The highest BCUT2D eigenvalue weighted by molar-refractivity contribution is 6.36. The maximum absolute atomic E-state index is 15.4. The van der Waals surface area contributed by atoms with E-state index in [1.807, 2.05) is 6.08 Å². The monoisotopic (exact) mass is 785 g/mol. The van der Waals surface area contributed by atoms with Crippen LogP contribution in [0, 0.1) is 23.7 Å². The van der Waals surface area contributed by atoms with Gasteiger partial charge in [0.2, 0.25) is 11.8 Å². The van der Waals surface area contributed by atoms with E-state index in [9.17, 15) is 29.4 Å². The number of rotatable bonds is 7. The SMILES string of the molecule is COc1ccc([C@@]23C(=O)N(Nc4ccc(Cl)cc4Cl)C(=O)[C@@H]2C[C@@H]2C(=CC[C@@H]4C(=O)N(c5cccc(C(=O)O)c5)C(=O)[C@@H]42)[C@@H]3c2ccc(O)cc2Cl)cc1. The number of carbonyl (C=O) groups is 5. The van der Waals surface area contributed by atoms with Crippen LogP contribution in [0.2, 0.25) is 15.1 Å². The third-order valence-electron chi connectivity index (χ3n) is 11.2. The molecule has 4 amide bonds. The van der Waals surface area contributed by atoms with E-state index in [2.05, 4.69) is 5.43 Å². The van der Waals surface area contributed by atoms with E-state index in [1.54, 1.807) is 42.5 Å². The van der Waals surface area contributed by atoms with Crippen molar-refractivity contribution in [1.29, 1.82) is 0 Å². The first-order chi connectivity index (χ1) is 25.9. The zero-order valence-corrected chi connectivity index (χ0v) is 30.6. The van der Waals surface area contributed by atoms with Gasteiger partial charge in [-0.15, -0.1) is 0 Å². The van der Waals surface area contributed by atoms with Crippen LogP contribution in [0.1, 0.15) is 40.2 Å². The molecule has 14 heteroatoms. The van der Waals surface area contributed by atoms with Crippen molar-refractivity contribution in [3.8, 4) is 11.5 Å². The Morgan fingerprint density at radius 1 is 0.870 bits per heavy atom. The Hall–Kier alpha value is -5.36. The lowest BCUT2D eigenvalue weighted by Gasteiger charge is -2.50. The number of hydrogen-bond donors (Lipinski definition) is 3. The number of ether oxygens (including phenoxy) is 1. The number of carboxylic acid groups (broad SMARTS) is 1. The standard InChI is InChI=1S/C40H30Cl3N3O8/c1-54-24-9-5-20(6-10-24)40-29(36(49)46(39(40)53)44-32-14-7-21(41)16-31(32)43)18-28-25(34(40)26-11-8-23(47)17-30(26)42)12-13-27-33(28)37(50)45(35(27)48)22-4-2-3-19(15-22)38(51)52/h2-12,14-17,27-29,33-34,44,47H,13,18H2,1H3,(H,51,52)/t27-,28+,29-,33-,34+,40+/m0/s1. The molecule has 3 N–H and O–H groups in total. The van der Waals surface area contributed by atoms with Crippen molar-refractivity contribution in [2.75, 3.05) is 17.4 Å². The Kier molecular flexibility index (Phi) is 8.71. The van der Waals surface area contributed by atoms with E-state index < -0.39 is 64.6 Å². The lowest BCUT2D eigenvalue weighted by Crippen LogP contribution is -2.53. The molecular formula is C40H30Cl3N3O8. The number of hydrazine groups is 1. The zero-order valence-electron chi connectivity index (χ0n) is 28.3. The normalized spacial score (nSPS) is 25.9. The molecule has 0 radical (unpaired) electrons. The minimum absolute atomic E-state index is 0.00433. The first-order valence-electron chi connectivity index (χ1n) is 17.0. The van der Waals surface area contributed by atoms with Crippen molar-refractivity contribution < 1.29 is 38.9 Å². The van der Waals surface area contributed by atoms with Crippen LogP contribution in [0.25, 0.3) is 0 Å². The Morgan fingerprint density at radius 2 is 1.63 bits per heavy atom. The molecule has 2 aliphatic carbocycles. The second-order valence-electron chi connectivity index (χ2n) is 13.8. The quantitative estimate of drug-likeness (QED) is 0.130. The molecule has 0 spiro atoms. The number of nitrogens with zero attached hydrogens (tertiary/aromatic N) is 2. The molecule has 2 heterocycles. The fourth-order valence-corrected chi connectivity index (χ4v) is 9.71. The highest BCUT2D eigenvalue weighted by atomic mass is 35.5. The number of allylic oxidation sites excluding steroid dienone is 2. The number of methoxy groups -OCH3 is 1. The Morgan fingerprint density at radius 3 is 2.31 bits per heavy atom. The number of hydrogen-bond acceptors (Lipinski definition) is 8. The first-order valence-corrected chi connectivity index (χ1v) is 18.1. The third kappa shape index (κ3) is 5.28. The molecule has 0 bridgehead atoms. The van der Waals surface area contributed by atoms with Gasteiger partial charge in [0.15, 0.2) is 0 Å². The van der Waals surface area contributed by atoms with Crippen LogP contribution in [0.3, 0.4) is 0 Å². The number of aromatic hydroxyl groups is 1. The number of carboxylic acids is 1. The van der Waals surface area contributed by atoms with Gasteiger partial charge in [0.25, 0.3) is 11.8 Å². The fraction of sp³-hybridized carbons (Fsp3) is 0.225. The topological polar surface area (TPSA) is 154 Å². The summed E-state index contributed by atoms with van der Waals surface area (Å²) in [5, 5.41) is 21.6. The number of anilines is 2. The summed E-state index contributed by atoms with van der Waals surface area (Å²) in [4.78, 5) is 71.7. The van der Waals surface area contributed by atoms with Gasteiger partial charge < -0.3 is 14.9 Å². The van der Waals surface area contributed by atoms with Crippen LogP contribution < -0.4 is 15.1 Å². The molecule has 4 aliphatic rings. The molecule has 0 unspecified atom stereocenters. The van der Waals surface area contributed by atoms with Crippen molar-refractivity contribution in [3.05, 3.63) is 128 Å². The van der Waals surface area contributed by atoms with E-state index in [1.165, 1.54) is 49.6 Å². The number of phenols is 1. The number of benzene rings is 4. The fourth-order valence-electron chi connectivity index (χ4n) is 8.97. The summed E-state index contributed by atoms with van der Waals surface area (Å²) in [6.07, 6.45) is 2.01. The molecule has 3 fully saturated rings. The lowest BCUT2D eigenvalue weighted by molar-refractivity contribution is -0.138. The predicted molar refractivity (Wildman–Crippen MR) is 200 cm³/mol. The van der Waals surface area contributed by atoms with Crippen LogP contribution in [-0.2, 0) is 24.6 Å². The molecule has 2 saturated heterocycles. The molecule has 4 aromatic rings. The number of amides is 4. The molecule has 6 atom stereocenters. The van der Waals surface area contributed by atoms with Crippen molar-refractivity contribution in [3.63, 3.8) is 0 Å². The molecular weight excluding hydrogens is 757 g/mol. The molecule has 0 aromatic heterocycles. The van der Waals surface area contributed by atoms with Gasteiger partial charge in [0, 0.05) is 16.0 Å². The maximum atomic E-state index is 15.4. The maximum Gasteiger partial charge on any atom is 0.335 e. The summed E-state index contributed by atoms with van der Waals surface area (Å²) >= 11 is 19.6. The van der Waals surface area contributed by atoms with Crippen LogP contribution in [0.5, 0.6) is 11.5 Å². The summed E-state index contributed by atoms with van der Waals surface area (Å²) in [7, 11) is 1.51. The average molecular weight is 787 g/mol. The molecule has 54 heavy (non-hydrogen) atoms. The van der Waals surface area contributed by atoms with Gasteiger partial charge in [-0.2, -0.15) is 5.01 Å². The molecule has 8 rings (SSSR count). The van der Waals surface area contributed by atoms with E-state index in [0.29, 0.717) is 27.5 Å². The lowest BCUT2D eigenvalue weighted by atomic mass is 9.49. The second kappa shape index (κ2) is 13.2. The van der Waals surface area contributed by atoms with Gasteiger partial charge in [0.05, 0.1) is 52.2 Å². The van der Waals surface area contributed by atoms with Gasteiger partial charge in [-0.3, -0.25) is 29.5 Å². The van der Waals surface area contributed by atoms with Gasteiger partial charge in [0.1, 0.15) is 11.5 Å². The highest BCUT2D eigenvalue weighted by Gasteiger charge is 2.70. The number of fused-ring (bicyclic) bond motifs is 4. The Bertz CT molecular complexity index is 2330. The van der Waals surface area contributed by atoms with Crippen molar-refractivity contribution >= 4 is 75.8 Å². The Labute approximate surface area is 323 Å². The second-order valence-corrected chi connectivity index (χ2v) is 15.0. The molecule has 4 aromatic carbocycles. The number of halogens is 3. The van der Waals surface area contributed by atoms with Crippen LogP contribution >= 0.6 is 34.8 Å². The summed E-state index contributed by atoms with van der Waals surface area (Å²) < 4.78 is 5.44. The van der Waals surface area contributed by atoms with E-state index >= 15 is 4.79 Å². The van der Waals surface area contributed by atoms with Gasteiger partial charge in [-0.25, -0.2) is 4.79 Å². The van der Waals surface area contributed by atoms with Gasteiger partial charge >= 0.3 is 5.97 Å². The summed E-state index contributed by atoms with van der Waals surface area (Å²) in [5.74, 6) is -7.54. The van der Waals surface area contributed by atoms with Gasteiger partial charge in [-0.05, 0) is 90.6 Å². The van der Waals surface area contributed by atoms with Gasteiger partial charge in [-0.1, -0.05) is 70.7 Å². The average Bonchev–Trinajstić information content (AvgIpc) is 3.53. The van der Waals surface area contributed by atoms with Crippen LogP contribution in [-0.4, -0.2) is 51.9 Å². The smallest absolute Gasteiger partial charge is 0.335 e. The molecule has 2 aliphatic heterocycles.